The molecule has 0 aromatic heterocycles. The van der Waals surface area contributed by atoms with E-state index in [1.165, 1.54) is 0 Å². The number of fused-ring (bicyclic) bond motifs is 1. The van der Waals surface area contributed by atoms with Gasteiger partial charge in [-0.1, -0.05) is 130 Å². The molecule has 65 heavy (non-hydrogen) atoms. The molecule has 1 aromatic carbocycles. The summed E-state index contributed by atoms with van der Waals surface area (Å²) in [5, 5.41) is -0.315. The molecule has 14 heteroatoms. The van der Waals surface area contributed by atoms with Crippen LogP contribution in [0.4, 0.5) is 0 Å². The molecule has 9 nitrogen and oxygen atoms in total. The van der Waals surface area contributed by atoms with Crippen molar-refractivity contribution in [1.82, 2.24) is 0 Å². The van der Waals surface area contributed by atoms with E-state index in [4.69, 9.17) is 31.9 Å². The van der Waals surface area contributed by atoms with E-state index in [9.17, 15) is 9.59 Å². The number of hydrogen-bond acceptors (Lipinski definition) is 9. The van der Waals surface area contributed by atoms with E-state index in [0.29, 0.717) is 29.5 Å². The van der Waals surface area contributed by atoms with Gasteiger partial charge >= 0.3 is 5.97 Å². The van der Waals surface area contributed by atoms with E-state index in [1.54, 1.807) is 30.3 Å². The van der Waals surface area contributed by atoms with Gasteiger partial charge in [0.1, 0.15) is 30.5 Å². The van der Waals surface area contributed by atoms with Crippen LogP contribution in [0.5, 0.6) is 0 Å². The third-order valence-corrected chi connectivity index (χ3v) is 34.0. The third-order valence-electron chi connectivity index (χ3n) is 15.5. The minimum Gasteiger partial charge on any atom is -0.458 e. The van der Waals surface area contributed by atoms with Crippen molar-refractivity contribution in [3.8, 4) is 0 Å². The van der Waals surface area contributed by atoms with Crippen molar-refractivity contribution in [3.05, 3.63) is 59.1 Å². The fourth-order valence-electron chi connectivity index (χ4n) is 7.79. The highest BCUT2D eigenvalue weighted by Gasteiger charge is 2.58. The average Bonchev–Trinajstić information content (AvgIpc) is 3.19. The molecule has 2 aliphatic rings. The molecule has 2 saturated heterocycles. The fourth-order valence-corrected chi connectivity index (χ4v) is 14.7. The van der Waals surface area contributed by atoms with Gasteiger partial charge in [0.15, 0.2) is 39.1 Å². The molecule has 0 amide bonds. The summed E-state index contributed by atoms with van der Waals surface area (Å²) < 4.78 is 50.6. The second kappa shape index (κ2) is 23.7. The van der Waals surface area contributed by atoms with Crippen LogP contribution in [0.15, 0.2) is 53.5 Å². The molecule has 0 bridgehead atoms. The highest BCUT2D eigenvalue weighted by atomic mass is 79.9. The molecule has 2 fully saturated rings. The number of ketones is 1. The van der Waals surface area contributed by atoms with Crippen LogP contribution >= 0.6 is 15.9 Å². The van der Waals surface area contributed by atoms with Gasteiger partial charge in [-0.3, -0.25) is 4.79 Å². The molecule has 372 valence electrons. The second-order valence-electron chi connectivity index (χ2n) is 23.3. The van der Waals surface area contributed by atoms with Crippen LogP contribution in [0, 0.1) is 0 Å². The van der Waals surface area contributed by atoms with Gasteiger partial charge in [0.05, 0.1) is 23.9 Å². The topological polar surface area (TPSA) is 98.8 Å². The van der Waals surface area contributed by atoms with Crippen LogP contribution < -0.4 is 0 Å². The molecule has 2 heterocycles. The second-order valence-corrected chi connectivity index (χ2v) is 43.5. The third kappa shape index (κ3) is 16.3. The first-order chi connectivity index (χ1) is 29.8. The summed E-state index contributed by atoms with van der Waals surface area (Å²) in [4.78, 5) is 27.1. The van der Waals surface area contributed by atoms with Gasteiger partial charge in [0.2, 0.25) is 0 Å². The summed E-state index contributed by atoms with van der Waals surface area (Å²) in [6, 6.07) is 12.3. The van der Waals surface area contributed by atoms with Gasteiger partial charge in [0, 0.05) is 19.4 Å². The number of ether oxygens (including phenoxy) is 3. The lowest BCUT2D eigenvalue weighted by Gasteiger charge is -2.56. The Morgan fingerprint density at radius 1 is 0.800 bits per heavy atom. The summed E-state index contributed by atoms with van der Waals surface area (Å²) in [6.45, 7) is 45.6. The van der Waals surface area contributed by atoms with Gasteiger partial charge in [-0.15, -0.1) is 0 Å². The van der Waals surface area contributed by atoms with Crippen LogP contribution in [0.1, 0.15) is 132 Å². The smallest absolute Gasteiger partial charge is 0.338 e. The first-order valence-electron chi connectivity index (χ1n) is 24.6. The van der Waals surface area contributed by atoms with Crippen molar-refractivity contribution < 1.29 is 41.5 Å². The predicted molar refractivity (Wildman–Crippen MR) is 282 cm³/mol. The molecule has 1 aromatic rings. The summed E-state index contributed by atoms with van der Waals surface area (Å²) in [5.41, 5.74) is 0.464. The Balaban J connectivity index is 2.12. The predicted octanol–water partition coefficient (Wildman–Crippen LogP) is 14.3. The van der Waals surface area contributed by atoms with E-state index in [0.717, 1.165) is 37.4 Å². The summed E-state index contributed by atoms with van der Waals surface area (Å²) in [7, 11) is -9.15. The van der Waals surface area contributed by atoms with Crippen molar-refractivity contribution >= 4 is 61.0 Å². The standard InChI is InChI=1S/C51H91BrO9Si4/c1-20-65(21-2,22-3)55-35-34-40-31-33-42-44(56-40)46(60-63(16,17)50(8,9)10)47(61-64(18,19)51(11,12)13)45(58-42)43(59-62(14,15)49(5,6)7)32-29-39(53)28-30-41(36-37(4)52)57-48(54)38-26-24-23-25-27-38/h23-27,29,32,40-47H,4,20-22,28,30-31,33-36H2,1-3,5-19H3/t40-,41-,42+,43+,44+,45+,46+,47-/m1/s1. The molecule has 0 radical (unpaired) electrons. The van der Waals surface area contributed by atoms with Gasteiger partial charge in [-0.2, -0.15) is 0 Å². The quantitative estimate of drug-likeness (QED) is 0.0603. The zero-order valence-electron chi connectivity index (χ0n) is 44.0. The molecule has 0 saturated carbocycles. The van der Waals surface area contributed by atoms with Crippen molar-refractivity contribution in [1.29, 1.82) is 0 Å². The summed E-state index contributed by atoms with van der Waals surface area (Å²) in [5.74, 6) is -0.517. The molecule has 3 rings (SSSR count). The molecule has 8 atom stereocenters. The molecule has 0 spiro atoms. The van der Waals surface area contributed by atoms with Crippen LogP contribution in [-0.4, -0.2) is 100 Å². The number of hydrogen-bond donors (Lipinski definition) is 0. The number of benzene rings is 1. The maximum atomic E-state index is 14.0. The number of carbonyl (C=O) groups excluding carboxylic acids is 2. The van der Waals surface area contributed by atoms with Gasteiger partial charge < -0.3 is 31.9 Å². The number of carbonyl (C=O) groups is 2. The van der Waals surface area contributed by atoms with Crippen LogP contribution in [-0.2, 0) is 36.7 Å². The van der Waals surface area contributed by atoms with Gasteiger partial charge in [0.25, 0.3) is 0 Å². The normalized spacial score (nSPS) is 23.8. The Kier molecular flexibility index (Phi) is 21.2. The Labute approximate surface area is 408 Å². The molecular formula is C51H91BrO9Si4. The van der Waals surface area contributed by atoms with Crippen LogP contribution in [0.2, 0.25) is 72.5 Å². The first kappa shape index (κ1) is 58.3. The summed E-state index contributed by atoms with van der Waals surface area (Å²) in [6.07, 6.45) is 3.69. The number of halogens is 1. The lowest BCUT2D eigenvalue weighted by Crippen LogP contribution is -2.69. The van der Waals surface area contributed by atoms with Gasteiger partial charge in [-0.25, -0.2) is 4.79 Å². The highest BCUT2D eigenvalue weighted by molar-refractivity contribution is 9.11. The maximum absolute atomic E-state index is 14.0. The Morgan fingerprint density at radius 3 is 1.85 bits per heavy atom. The molecular weight excluding hydrogens is 949 g/mol. The minimum absolute atomic E-state index is 0.0157. The maximum Gasteiger partial charge on any atom is 0.338 e. The lowest BCUT2D eigenvalue weighted by atomic mass is 9.87. The SMILES string of the molecule is C=C(Br)C[C@@H](CCC(=O)C=C[C@H](O[Si](C)(C)C(C)(C)C)[C@@H]1O[C@H]2CC[C@H](CCO[Si](CC)(CC)CC)O[C@@H]2[C@H](O[Si](C)(C)C(C)(C)C)[C@@H]1O[Si](C)(C)C(C)(C)C)OC(=O)c1ccccc1. The largest absolute Gasteiger partial charge is 0.458 e. The van der Waals surface area contributed by atoms with E-state index < -0.39 is 69.8 Å². The molecule has 0 N–H and O–H groups in total. The highest BCUT2D eigenvalue weighted by Crippen LogP contribution is 2.47. The lowest BCUT2D eigenvalue weighted by molar-refractivity contribution is -0.267. The number of allylic oxidation sites excluding steroid dienone is 1. The van der Waals surface area contributed by atoms with Crippen molar-refractivity contribution in [2.75, 3.05) is 6.61 Å². The van der Waals surface area contributed by atoms with E-state index in [-0.39, 0.29) is 45.6 Å². The molecule has 0 aliphatic carbocycles. The minimum atomic E-state index is -2.49. The average molecular weight is 1040 g/mol. The van der Waals surface area contributed by atoms with E-state index >= 15 is 0 Å². The Morgan fingerprint density at radius 2 is 1.34 bits per heavy atom. The van der Waals surface area contributed by atoms with Crippen molar-refractivity contribution in [2.45, 2.75) is 243 Å². The summed E-state index contributed by atoms with van der Waals surface area (Å²) >= 11 is 3.45. The van der Waals surface area contributed by atoms with Crippen molar-refractivity contribution in [3.63, 3.8) is 0 Å². The van der Waals surface area contributed by atoms with Crippen LogP contribution in [0.25, 0.3) is 0 Å². The fraction of sp³-hybridized carbons (Fsp3) is 0.765. The number of esters is 1. The van der Waals surface area contributed by atoms with E-state index in [1.807, 2.05) is 12.1 Å². The van der Waals surface area contributed by atoms with E-state index in [2.05, 4.69) is 145 Å². The van der Waals surface area contributed by atoms with Crippen LogP contribution in [0.3, 0.4) is 0 Å². The first-order valence-corrected chi connectivity index (χ1v) is 36.7. The zero-order valence-corrected chi connectivity index (χ0v) is 49.6. The van der Waals surface area contributed by atoms with Crippen molar-refractivity contribution in [2.24, 2.45) is 0 Å². The molecule has 0 unspecified atom stereocenters. The monoisotopic (exact) mass is 1040 g/mol. The van der Waals surface area contributed by atoms with Gasteiger partial charge in [-0.05, 0) is 121 Å². The Bertz CT molecular complexity index is 1700. The molecule has 2 aliphatic heterocycles. The number of rotatable bonds is 23. The Hall–Kier alpha value is -1.05. The zero-order chi connectivity index (χ0) is 49.4.